The van der Waals surface area contributed by atoms with Gasteiger partial charge in [-0.3, -0.25) is 47.9 Å². The van der Waals surface area contributed by atoms with Gasteiger partial charge in [0.25, 0.3) is 0 Å². The first-order chi connectivity index (χ1) is 47.2. The summed E-state index contributed by atoms with van der Waals surface area (Å²) in [7, 11) is 0. The number of nitrogens with two attached hydrogens (primary N) is 4. The quantitative estimate of drug-likeness (QED) is 0.0154. The minimum atomic E-state index is -1.35. The standard InChI is InChI=1S/2C33H47N9O7.Cu/c2*34-13-5-4-10-23(39-29(44)24(38-28(43)18-35)17-22-19-36-20-37-22)31(46)41-14-6-11-26(41)30(45)40-25(16-21-8-2-1-3-9-21)32(47)42-15-7-12-27(42)33(48)49;/h2*1-3,8-9,19-20,23-27H,4-7,10-18,34-35H2,(H,36,37)(H,38,43)(H,39,44)(H,40,45)(H,48,49);/q;;+2/p-2/t2*23-,24-,25-,26-,27-;/m00./s1. The number of H-pyrrole nitrogens is 2. The molecule has 32 nitrogen and oxygen atoms in total. The number of carbonyl (C=O) groups is 12. The SMILES string of the molecule is NCCCC[C@H](NC(=O)[C@H](Cc1c[nH]cn1)NC(=O)CN)C(=O)N1CCC[C@H]1C(=O)N[C@@H](Cc1ccccc1)C(=O)N1CCC[C@H]1C(=O)[O-].NCCCC[C@H](NC(=O)[C@H](Cc1c[nH]cn1)NC(=O)CN)C(=O)N1CCC[C@H]1C(=O)N[C@@H](Cc1ccccc1)C(=O)N1CCC[C@H]1C(=O)[O-].[Cu+2]. The fourth-order valence-corrected chi connectivity index (χ4v) is 12.8. The molecule has 10 atom stereocenters. The molecule has 10 amide bonds. The summed E-state index contributed by atoms with van der Waals surface area (Å²) in [6.07, 6.45) is 12.3. The topological polar surface area (TPSA) is 498 Å². The number of rotatable bonds is 34. The maximum atomic E-state index is 14.1. The third kappa shape index (κ3) is 23.0. The van der Waals surface area contributed by atoms with Crippen LogP contribution in [-0.4, -0.2) is 223 Å². The molecule has 4 aromatic rings. The van der Waals surface area contributed by atoms with E-state index in [0.29, 0.717) is 88.7 Å². The van der Waals surface area contributed by atoms with Crippen molar-refractivity contribution in [3.63, 3.8) is 0 Å². The van der Waals surface area contributed by atoms with Gasteiger partial charge in [0.1, 0.15) is 48.3 Å². The Morgan fingerprint density at radius 1 is 0.434 bits per heavy atom. The molecule has 4 aliphatic rings. The van der Waals surface area contributed by atoms with E-state index in [-0.39, 0.29) is 108 Å². The molecule has 4 aliphatic heterocycles. The summed E-state index contributed by atoms with van der Waals surface area (Å²) in [5.41, 5.74) is 24.9. The Hall–Kier alpha value is -9.14. The van der Waals surface area contributed by atoms with Crippen LogP contribution in [0.2, 0.25) is 0 Å². The van der Waals surface area contributed by atoms with Gasteiger partial charge < -0.3 is 104 Å². The van der Waals surface area contributed by atoms with Crippen molar-refractivity contribution in [3.05, 3.63) is 108 Å². The Kier molecular flexibility index (Phi) is 31.9. The Morgan fingerprint density at radius 3 is 1.08 bits per heavy atom. The van der Waals surface area contributed by atoms with E-state index in [0.717, 1.165) is 11.1 Å². The summed E-state index contributed by atoms with van der Waals surface area (Å²) in [5, 5.41) is 39.9. The van der Waals surface area contributed by atoms with Crippen LogP contribution in [0, 0.1) is 0 Å². The minimum absolute atomic E-state index is 0. The molecule has 1 radical (unpaired) electrons. The Bertz CT molecular complexity index is 3100. The first-order valence-corrected chi connectivity index (χ1v) is 33.5. The second-order valence-electron chi connectivity index (χ2n) is 24.8. The smallest absolute Gasteiger partial charge is 0.548 e. The number of hydrogen-bond acceptors (Lipinski definition) is 20. The fourth-order valence-electron chi connectivity index (χ4n) is 12.8. The normalized spacial score (nSPS) is 18.9. The van der Waals surface area contributed by atoms with Crippen LogP contribution in [0.15, 0.2) is 85.7 Å². The molecular formula is C66H92CuN18O14. The van der Waals surface area contributed by atoms with Crippen LogP contribution in [-0.2, 0) is 100 Å². The number of carboxylic acid groups (broad SMARTS) is 2. The fraction of sp³-hybridized carbons (Fsp3) is 0.545. The number of hydrogen-bond donors (Lipinski definition) is 12. The molecule has 33 heteroatoms. The first kappa shape index (κ1) is 78.9. The number of aliphatic carboxylic acids is 2. The van der Waals surface area contributed by atoms with Crippen molar-refractivity contribution in [2.24, 2.45) is 22.9 Å². The molecule has 541 valence electrons. The third-order valence-electron chi connectivity index (χ3n) is 17.8. The van der Waals surface area contributed by atoms with E-state index in [1.54, 1.807) is 36.7 Å². The molecular weight excluding hydrogens is 1330 g/mol. The molecule has 0 unspecified atom stereocenters. The molecule has 0 spiro atoms. The van der Waals surface area contributed by atoms with Gasteiger partial charge in [-0.2, -0.15) is 0 Å². The Morgan fingerprint density at radius 2 is 0.768 bits per heavy atom. The zero-order valence-corrected chi connectivity index (χ0v) is 56.2. The number of aromatic nitrogens is 4. The molecule has 4 fully saturated rings. The van der Waals surface area contributed by atoms with Gasteiger partial charge in [-0.25, -0.2) is 9.97 Å². The maximum Gasteiger partial charge on any atom is 2.00 e. The van der Waals surface area contributed by atoms with Crippen molar-refractivity contribution >= 4 is 71.0 Å². The number of likely N-dealkylation sites (tertiary alicyclic amines) is 4. The van der Waals surface area contributed by atoms with E-state index in [1.807, 2.05) is 36.4 Å². The van der Waals surface area contributed by atoms with Crippen molar-refractivity contribution < 1.29 is 84.8 Å². The third-order valence-corrected chi connectivity index (χ3v) is 17.8. The summed E-state index contributed by atoms with van der Waals surface area (Å²) < 4.78 is 0. The van der Waals surface area contributed by atoms with Crippen LogP contribution < -0.4 is 65.0 Å². The average Bonchev–Trinajstić information content (AvgIpc) is 1.75. The van der Waals surface area contributed by atoms with E-state index < -0.39 is 131 Å². The summed E-state index contributed by atoms with van der Waals surface area (Å²) in [4.78, 5) is 177. The molecule has 6 heterocycles. The van der Waals surface area contributed by atoms with Crippen LogP contribution in [0.1, 0.15) is 112 Å². The first-order valence-electron chi connectivity index (χ1n) is 33.5. The number of carbonyl (C=O) groups excluding carboxylic acids is 12. The van der Waals surface area contributed by atoms with Crippen molar-refractivity contribution in [1.82, 2.24) is 71.4 Å². The van der Waals surface area contributed by atoms with Crippen LogP contribution in [0.25, 0.3) is 0 Å². The van der Waals surface area contributed by atoms with Crippen LogP contribution in [0.3, 0.4) is 0 Å². The number of aromatic amines is 2. The van der Waals surface area contributed by atoms with Crippen molar-refractivity contribution in [3.8, 4) is 0 Å². The van der Waals surface area contributed by atoms with Crippen LogP contribution in [0.4, 0.5) is 0 Å². The minimum Gasteiger partial charge on any atom is -0.548 e. The number of amides is 10. The predicted octanol–water partition coefficient (Wildman–Crippen LogP) is -5.06. The largest absolute Gasteiger partial charge is 2.00 e. The molecule has 16 N–H and O–H groups in total. The van der Waals surface area contributed by atoms with Crippen LogP contribution in [0.5, 0.6) is 0 Å². The zero-order chi connectivity index (χ0) is 70.7. The number of nitrogens with zero attached hydrogens (tertiary/aromatic N) is 6. The molecule has 2 aromatic heterocycles. The molecule has 2 aromatic carbocycles. The van der Waals surface area contributed by atoms with Gasteiger partial charge in [0.2, 0.25) is 59.1 Å². The van der Waals surface area contributed by atoms with Crippen LogP contribution >= 0.6 is 0 Å². The van der Waals surface area contributed by atoms with Crippen molar-refractivity contribution in [2.75, 3.05) is 52.4 Å². The average molecular weight is 1430 g/mol. The molecule has 0 aliphatic carbocycles. The second-order valence-corrected chi connectivity index (χ2v) is 24.8. The molecule has 4 saturated heterocycles. The zero-order valence-electron chi connectivity index (χ0n) is 55.3. The van der Waals surface area contributed by atoms with Gasteiger partial charge in [0, 0.05) is 64.3 Å². The van der Waals surface area contributed by atoms with Gasteiger partial charge in [-0.15, -0.1) is 0 Å². The van der Waals surface area contributed by atoms with Gasteiger partial charge in [-0.05, 0) is 114 Å². The van der Waals surface area contributed by atoms with Gasteiger partial charge in [0.05, 0.1) is 61.2 Å². The van der Waals surface area contributed by atoms with Crippen molar-refractivity contribution in [1.29, 1.82) is 0 Å². The number of carboxylic acids is 2. The van der Waals surface area contributed by atoms with E-state index >= 15 is 0 Å². The van der Waals surface area contributed by atoms with E-state index in [1.165, 1.54) is 32.3 Å². The van der Waals surface area contributed by atoms with Crippen molar-refractivity contribution in [2.45, 2.75) is 176 Å². The summed E-state index contributed by atoms with van der Waals surface area (Å²) in [5.74, 6) is -8.16. The van der Waals surface area contributed by atoms with Gasteiger partial charge >= 0.3 is 17.1 Å². The second kappa shape index (κ2) is 40.1. The summed E-state index contributed by atoms with van der Waals surface area (Å²) in [6, 6.07) is 7.69. The van der Waals surface area contributed by atoms with Gasteiger partial charge in [0.15, 0.2) is 0 Å². The number of unbranched alkanes of at least 4 members (excludes halogenated alkanes) is 2. The van der Waals surface area contributed by atoms with Gasteiger partial charge in [-0.1, -0.05) is 60.7 Å². The summed E-state index contributed by atoms with van der Waals surface area (Å²) >= 11 is 0. The maximum absolute atomic E-state index is 14.1. The monoisotopic (exact) mass is 1420 g/mol. The molecule has 99 heavy (non-hydrogen) atoms. The number of nitrogens with one attached hydrogen (secondary N) is 8. The molecule has 8 rings (SSSR count). The van der Waals surface area contributed by atoms with E-state index in [4.69, 9.17) is 22.9 Å². The molecule has 0 bridgehead atoms. The summed E-state index contributed by atoms with van der Waals surface area (Å²) in [6.45, 7) is 1.02. The number of imidazole rings is 2. The Labute approximate surface area is 584 Å². The Balaban J connectivity index is 0.000000309. The predicted molar refractivity (Wildman–Crippen MR) is 349 cm³/mol. The van der Waals surface area contributed by atoms with E-state index in [2.05, 4.69) is 51.8 Å². The van der Waals surface area contributed by atoms with E-state index in [9.17, 15) is 67.7 Å². The number of benzene rings is 2. The molecule has 0 saturated carbocycles.